The molecule has 0 bridgehead atoms. The first-order chi connectivity index (χ1) is 15.7. The van der Waals surface area contributed by atoms with Crippen molar-refractivity contribution >= 4 is 27.8 Å². The molecule has 0 aromatic carbocycles. The quantitative estimate of drug-likeness (QED) is 0.407. The lowest BCUT2D eigenvalue weighted by atomic mass is 10.1. The highest BCUT2D eigenvalue weighted by atomic mass is 16.3. The largest absolute Gasteiger partial charge is 0.506 e. The Morgan fingerprint density at radius 2 is 1.88 bits per heavy atom. The predicted octanol–water partition coefficient (Wildman–Crippen LogP) is 3.02. The first-order valence-electron chi connectivity index (χ1n) is 10.6. The van der Waals surface area contributed by atoms with Crippen LogP contribution in [0.2, 0.25) is 0 Å². The number of rotatable bonds is 3. The summed E-state index contributed by atoms with van der Waals surface area (Å²) in [5.74, 6) is 1.11. The van der Waals surface area contributed by atoms with Crippen molar-refractivity contribution < 1.29 is 5.11 Å². The molecule has 5 aromatic heterocycles. The van der Waals surface area contributed by atoms with Crippen molar-refractivity contribution in [3.63, 3.8) is 0 Å². The number of aromatic nitrogens is 6. The summed E-state index contributed by atoms with van der Waals surface area (Å²) in [5.41, 5.74) is 5.72. The van der Waals surface area contributed by atoms with Gasteiger partial charge in [-0.2, -0.15) is 5.10 Å². The van der Waals surface area contributed by atoms with E-state index < -0.39 is 0 Å². The highest BCUT2D eigenvalue weighted by molar-refractivity contribution is 5.98. The third-order valence-corrected chi connectivity index (χ3v) is 6.01. The average molecular weight is 426 g/mol. The van der Waals surface area contributed by atoms with E-state index in [1.807, 2.05) is 24.4 Å². The molecule has 1 aliphatic heterocycles. The Labute approximate surface area is 183 Å². The van der Waals surface area contributed by atoms with Gasteiger partial charge < -0.3 is 19.9 Å². The Balaban J connectivity index is 1.44. The summed E-state index contributed by atoms with van der Waals surface area (Å²) in [6, 6.07) is 9.58. The normalized spacial score (nSPS) is 15.1. The molecule has 3 N–H and O–H groups in total. The molecule has 1 fully saturated rings. The van der Waals surface area contributed by atoms with Crippen LogP contribution in [-0.2, 0) is 0 Å². The fraction of sp³-hybridized carbons (Fsp3) is 0.217. The van der Waals surface area contributed by atoms with Crippen LogP contribution in [0.4, 0.5) is 5.82 Å². The summed E-state index contributed by atoms with van der Waals surface area (Å²) in [7, 11) is 2.15. The molecular weight excluding hydrogens is 404 g/mol. The van der Waals surface area contributed by atoms with Crippen LogP contribution in [0, 0.1) is 0 Å². The molecule has 6 heterocycles. The Morgan fingerprint density at radius 1 is 1.00 bits per heavy atom. The van der Waals surface area contributed by atoms with Gasteiger partial charge in [0, 0.05) is 49.5 Å². The van der Waals surface area contributed by atoms with Crippen molar-refractivity contribution in [1.82, 2.24) is 35.0 Å². The predicted molar refractivity (Wildman–Crippen MR) is 124 cm³/mol. The first-order valence-corrected chi connectivity index (χ1v) is 10.6. The van der Waals surface area contributed by atoms with E-state index in [4.69, 9.17) is 4.98 Å². The number of pyridine rings is 3. The van der Waals surface area contributed by atoms with Crippen LogP contribution >= 0.6 is 0 Å². The van der Waals surface area contributed by atoms with Crippen LogP contribution < -0.4 is 4.90 Å². The number of piperazine rings is 1. The summed E-state index contributed by atoms with van der Waals surface area (Å²) >= 11 is 0. The van der Waals surface area contributed by atoms with Gasteiger partial charge in [0.25, 0.3) is 0 Å². The van der Waals surface area contributed by atoms with Crippen LogP contribution in [0.5, 0.6) is 5.75 Å². The Morgan fingerprint density at radius 3 is 2.72 bits per heavy atom. The number of aromatic amines is 2. The highest BCUT2D eigenvalue weighted by Crippen LogP contribution is 2.33. The molecule has 1 saturated heterocycles. The van der Waals surface area contributed by atoms with Crippen LogP contribution in [0.1, 0.15) is 0 Å². The molecule has 0 spiro atoms. The molecule has 0 atom stereocenters. The van der Waals surface area contributed by atoms with Crippen molar-refractivity contribution in [2.75, 3.05) is 38.1 Å². The van der Waals surface area contributed by atoms with Crippen molar-refractivity contribution in [3.8, 4) is 28.4 Å². The Hall–Kier alpha value is -3.98. The molecule has 0 radical (unpaired) electrons. The fourth-order valence-corrected chi connectivity index (χ4v) is 4.25. The third-order valence-electron chi connectivity index (χ3n) is 6.01. The summed E-state index contributed by atoms with van der Waals surface area (Å²) in [4.78, 5) is 21.7. The van der Waals surface area contributed by atoms with Gasteiger partial charge in [0.05, 0.1) is 28.6 Å². The minimum absolute atomic E-state index is 0.108. The fourth-order valence-electron chi connectivity index (χ4n) is 4.25. The maximum Gasteiger partial charge on any atom is 0.138 e. The first kappa shape index (κ1) is 18.8. The number of hydrogen-bond donors (Lipinski definition) is 3. The van der Waals surface area contributed by atoms with Gasteiger partial charge in [-0.15, -0.1) is 0 Å². The van der Waals surface area contributed by atoms with E-state index in [9.17, 15) is 5.11 Å². The molecular formula is C23H22N8O. The van der Waals surface area contributed by atoms with Gasteiger partial charge in [0.15, 0.2) is 0 Å². The van der Waals surface area contributed by atoms with Gasteiger partial charge in [0.2, 0.25) is 0 Å². The van der Waals surface area contributed by atoms with Crippen LogP contribution in [0.25, 0.3) is 44.6 Å². The topological polar surface area (TPSA) is 110 Å². The zero-order chi connectivity index (χ0) is 21.7. The number of H-pyrrole nitrogens is 2. The summed E-state index contributed by atoms with van der Waals surface area (Å²) in [5, 5.41) is 18.5. The molecule has 6 rings (SSSR count). The lowest BCUT2D eigenvalue weighted by Gasteiger charge is -2.33. The zero-order valence-corrected chi connectivity index (χ0v) is 17.6. The van der Waals surface area contributed by atoms with E-state index in [1.54, 1.807) is 12.3 Å². The smallest absolute Gasteiger partial charge is 0.138 e. The van der Waals surface area contributed by atoms with E-state index in [1.165, 1.54) is 6.20 Å². The molecule has 32 heavy (non-hydrogen) atoms. The van der Waals surface area contributed by atoms with Crippen LogP contribution in [-0.4, -0.2) is 73.4 Å². The summed E-state index contributed by atoms with van der Waals surface area (Å²) < 4.78 is 0. The molecule has 0 saturated carbocycles. The monoisotopic (exact) mass is 426 g/mol. The van der Waals surface area contributed by atoms with E-state index in [-0.39, 0.29) is 5.75 Å². The molecule has 0 amide bonds. The number of anilines is 1. The van der Waals surface area contributed by atoms with Crippen molar-refractivity contribution in [2.45, 2.75) is 0 Å². The van der Waals surface area contributed by atoms with Crippen molar-refractivity contribution in [3.05, 3.63) is 48.9 Å². The molecule has 160 valence electrons. The standard InChI is InChI=1S/C23H22N8O/c1-30-6-8-31(9-7-30)23-16-11-20(26-18(16)4-5-25-23)22-21-19(28-29-22)3-2-17(27-21)14-10-15(32)13-24-12-14/h2-5,10-13,26,32H,6-9H2,1H3,(H,28,29). The molecule has 0 unspecified atom stereocenters. The molecule has 9 heteroatoms. The minimum atomic E-state index is 0.108. The van der Waals surface area contributed by atoms with Gasteiger partial charge in [-0.1, -0.05) is 0 Å². The van der Waals surface area contributed by atoms with Gasteiger partial charge in [-0.05, 0) is 37.4 Å². The average Bonchev–Trinajstić information content (AvgIpc) is 3.43. The maximum absolute atomic E-state index is 9.78. The molecule has 1 aliphatic rings. The van der Waals surface area contributed by atoms with Crippen LogP contribution in [0.3, 0.4) is 0 Å². The second-order valence-corrected chi connectivity index (χ2v) is 8.17. The van der Waals surface area contributed by atoms with Crippen molar-refractivity contribution in [1.29, 1.82) is 0 Å². The van der Waals surface area contributed by atoms with E-state index in [2.05, 4.69) is 48.1 Å². The van der Waals surface area contributed by atoms with Gasteiger partial charge in [0.1, 0.15) is 22.8 Å². The third kappa shape index (κ3) is 3.14. The molecule has 5 aromatic rings. The lowest BCUT2D eigenvalue weighted by molar-refractivity contribution is 0.312. The maximum atomic E-state index is 9.78. The molecule has 0 aliphatic carbocycles. The Kier molecular flexibility index (Phi) is 4.29. The zero-order valence-electron chi connectivity index (χ0n) is 17.6. The second kappa shape index (κ2) is 7.31. The Bertz CT molecular complexity index is 1430. The van der Waals surface area contributed by atoms with Gasteiger partial charge in [-0.25, -0.2) is 9.97 Å². The molecule has 9 nitrogen and oxygen atoms in total. The number of nitrogens with one attached hydrogen (secondary N) is 2. The second-order valence-electron chi connectivity index (χ2n) is 8.17. The number of aromatic hydroxyl groups is 1. The SMILES string of the molecule is CN1CCN(c2nccc3[nH]c(-c4n[nH]c5ccc(-c6cncc(O)c6)nc45)cc23)CC1. The summed E-state index contributed by atoms with van der Waals surface area (Å²) in [6.07, 6.45) is 4.94. The number of nitrogens with zero attached hydrogens (tertiary/aromatic N) is 6. The van der Waals surface area contributed by atoms with Crippen LogP contribution in [0.15, 0.2) is 48.9 Å². The van der Waals surface area contributed by atoms with E-state index in [0.29, 0.717) is 0 Å². The van der Waals surface area contributed by atoms with E-state index >= 15 is 0 Å². The summed E-state index contributed by atoms with van der Waals surface area (Å²) in [6.45, 7) is 3.96. The van der Waals surface area contributed by atoms with Crippen molar-refractivity contribution in [2.24, 2.45) is 0 Å². The number of hydrogen-bond acceptors (Lipinski definition) is 7. The lowest BCUT2D eigenvalue weighted by Crippen LogP contribution is -2.44. The minimum Gasteiger partial charge on any atom is -0.506 e. The van der Waals surface area contributed by atoms with Gasteiger partial charge in [-0.3, -0.25) is 10.1 Å². The van der Waals surface area contributed by atoms with E-state index in [0.717, 1.165) is 76.6 Å². The number of fused-ring (bicyclic) bond motifs is 2. The highest BCUT2D eigenvalue weighted by Gasteiger charge is 2.20. The van der Waals surface area contributed by atoms with Gasteiger partial charge >= 0.3 is 0 Å². The number of likely N-dealkylation sites (N-methyl/N-ethyl adjacent to an activating group) is 1.